The van der Waals surface area contributed by atoms with Crippen LogP contribution in [0.1, 0.15) is 58.9 Å². The van der Waals surface area contributed by atoms with E-state index < -0.39 is 5.60 Å². The minimum atomic E-state index is -0.504. The molecular formula is C21H32N4O3. The van der Waals surface area contributed by atoms with Crippen LogP contribution in [0.3, 0.4) is 0 Å². The van der Waals surface area contributed by atoms with Crippen molar-refractivity contribution >= 4 is 22.8 Å². The number of carbonyl (C=O) groups excluding carboxylic acids is 1. The number of ether oxygens (including phenoxy) is 2. The van der Waals surface area contributed by atoms with Crippen molar-refractivity contribution in [3.05, 3.63) is 18.0 Å². The van der Waals surface area contributed by atoms with Gasteiger partial charge in [0, 0.05) is 25.3 Å². The number of anilines is 1. The number of piperidine rings is 1. The van der Waals surface area contributed by atoms with E-state index >= 15 is 0 Å². The van der Waals surface area contributed by atoms with Crippen LogP contribution in [-0.4, -0.2) is 45.3 Å². The number of aromatic nitrogens is 2. The van der Waals surface area contributed by atoms with Crippen molar-refractivity contribution in [1.29, 1.82) is 0 Å². The minimum Gasteiger partial charge on any atom is -0.494 e. The van der Waals surface area contributed by atoms with Crippen molar-refractivity contribution in [3.8, 4) is 5.75 Å². The third kappa shape index (κ3) is 3.62. The molecule has 2 N–H and O–H groups in total. The van der Waals surface area contributed by atoms with E-state index in [0.717, 1.165) is 23.9 Å². The van der Waals surface area contributed by atoms with Gasteiger partial charge in [-0.15, -0.1) is 0 Å². The first kappa shape index (κ1) is 20.3. The number of pyridine rings is 1. The van der Waals surface area contributed by atoms with Crippen molar-refractivity contribution in [2.45, 2.75) is 64.5 Å². The summed E-state index contributed by atoms with van der Waals surface area (Å²) in [5.41, 5.74) is 7.85. The number of likely N-dealkylation sites (tertiary alicyclic amines) is 1. The lowest BCUT2D eigenvalue weighted by molar-refractivity contribution is -0.00926. The smallest absolute Gasteiger partial charge is 0.410 e. The summed E-state index contributed by atoms with van der Waals surface area (Å²) in [6.45, 7) is 10.5. The summed E-state index contributed by atoms with van der Waals surface area (Å²) < 4.78 is 13.2. The molecule has 1 aliphatic heterocycles. The molecule has 3 heterocycles. The molecule has 1 fully saturated rings. The van der Waals surface area contributed by atoms with E-state index in [0.29, 0.717) is 18.0 Å². The van der Waals surface area contributed by atoms with Crippen LogP contribution in [0.2, 0.25) is 0 Å². The standard InChI is InChI=1S/C21H32N4O3/c1-20(2,3)28-19(26)25-9-8-13(10-21(25,4)5)14-12-24(6)18-16(14)17(27-7)15(22)11-23-18/h11-13H,8-10,22H2,1-7H3/t13-/m1/s1. The topological polar surface area (TPSA) is 82.6 Å². The van der Waals surface area contributed by atoms with Gasteiger partial charge in [-0.2, -0.15) is 0 Å². The zero-order chi connectivity index (χ0) is 20.9. The molecule has 1 aliphatic rings. The summed E-state index contributed by atoms with van der Waals surface area (Å²) in [6.07, 6.45) is 5.17. The van der Waals surface area contributed by atoms with Gasteiger partial charge in [-0.1, -0.05) is 0 Å². The Labute approximate surface area is 166 Å². The Morgan fingerprint density at radius 3 is 2.61 bits per heavy atom. The van der Waals surface area contributed by atoms with E-state index in [2.05, 4.69) is 25.0 Å². The predicted molar refractivity (Wildman–Crippen MR) is 111 cm³/mol. The number of fused-ring (bicyclic) bond motifs is 1. The van der Waals surface area contributed by atoms with Crippen LogP contribution >= 0.6 is 0 Å². The van der Waals surface area contributed by atoms with Gasteiger partial charge in [0.05, 0.1) is 24.4 Å². The lowest BCUT2D eigenvalue weighted by Gasteiger charge is -2.45. The van der Waals surface area contributed by atoms with Crippen LogP contribution in [0.5, 0.6) is 5.75 Å². The fourth-order valence-electron chi connectivity index (χ4n) is 4.21. The van der Waals surface area contributed by atoms with Gasteiger partial charge < -0.3 is 24.7 Å². The van der Waals surface area contributed by atoms with Gasteiger partial charge in [-0.25, -0.2) is 9.78 Å². The average Bonchev–Trinajstić information content (AvgIpc) is 2.89. The highest BCUT2D eigenvalue weighted by molar-refractivity contribution is 5.92. The minimum absolute atomic E-state index is 0.252. The van der Waals surface area contributed by atoms with Crippen molar-refractivity contribution in [2.75, 3.05) is 19.4 Å². The lowest BCUT2D eigenvalue weighted by Crippen LogP contribution is -2.53. The number of nitrogens with zero attached hydrogens (tertiary/aromatic N) is 3. The fourth-order valence-corrected chi connectivity index (χ4v) is 4.21. The first-order chi connectivity index (χ1) is 12.9. The fraction of sp³-hybridized carbons (Fsp3) is 0.619. The van der Waals surface area contributed by atoms with Crippen molar-refractivity contribution < 1.29 is 14.3 Å². The monoisotopic (exact) mass is 388 g/mol. The molecule has 7 heteroatoms. The Morgan fingerprint density at radius 1 is 1.36 bits per heavy atom. The average molecular weight is 389 g/mol. The first-order valence-corrected chi connectivity index (χ1v) is 9.72. The molecule has 7 nitrogen and oxygen atoms in total. The van der Waals surface area contributed by atoms with E-state index in [-0.39, 0.29) is 17.6 Å². The van der Waals surface area contributed by atoms with Crippen LogP contribution in [0.4, 0.5) is 10.5 Å². The normalized spacial score (nSPS) is 19.7. The number of hydrogen-bond donors (Lipinski definition) is 1. The second kappa shape index (κ2) is 6.87. The molecule has 0 spiro atoms. The zero-order valence-electron chi connectivity index (χ0n) is 18.0. The summed E-state index contributed by atoms with van der Waals surface area (Å²) in [5, 5.41) is 0.969. The second-order valence-electron chi connectivity index (χ2n) is 9.27. The molecule has 0 unspecified atom stereocenters. The van der Waals surface area contributed by atoms with E-state index in [9.17, 15) is 4.79 Å². The highest BCUT2D eigenvalue weighted by Crippen LogP contribution is 2.44. The third-order valence-electron chi connectivity index (χ3n) is 5.43. The molecule has 154 valence electrons. The van der Waals surface area contributed by atoms with Crippen LogP contribution < -0.4 is 10.5 Å². The highest BCUT2D eigenvalue weighted by atomic mass is 16.6. The summed E-state index contributed by atoms with van der Waals surface area (Å²) >= 11 is 0. The van der Waals surface area contributed by atoms with Gasteiger partial charge in [0.15, 0.2) is 5.75 Å². The third-order valence-corrected chi connectivity index (χ3v) is 5.43. The number of nitrogen functional groups attached to an aromatic ring is 1. The number of hydrogen-bond acceptors (Lipinski definition) is 5. The molecule has 1 atom stereocenters. The molecule has 2 aromatic heterocycles. The summed E-state index contributed by atoms with van der Waals surface area (Å²) in [4.78, 5) is 19.0. The quantitative estimate of drug-likeness (QED) is 0.839. The Hall–Kier alpha value is -2.44. The van der Waals surface area contributed by atoms with Gasteiger partial charge >= 0.3 is 6.09 Å². The molecule has 1 amide bonds. The van der Waals surface area contributed by atoms with E-state index in [1.54, 1.807) is 13.3 Å². The number of nitrogens with two attached hydrogens (primary N) is 1. The van der Waals surface area contributed by atoms with Gasteiger partial charge in [0.1, 0.15) is 11.2 Å². The SMILES string of the molecule is COc1c(N)cnc2c1c([C@@H]1CCN(C(=O)OC(C)(C)C)C(C)(C)C1)cn2C. The lowest BCUT2D eigenvalue weighted by atomic mass is 9.79. The number of aryl methyl sites for hydroxylation is 1. The summed E-state index contributed by atoms with van der Waals surface area (Å²) in [6, 6.07) is 0. The Kier molecular flexibility index (Phi) is 4.98. The first-order valence-electron chi connectivity index (χ1n) is 9.72. The van der Waals surface area contributed by atoms with Crippen molar-refractivity contribution in [2.24, 2.45) is 7.05 Å². The molecular weight excluding hydrogens is 356 g/mol. The Bertz CT molecular complexity index is 895. The molecule has 0 aromatic carbocycles. The van der Waals surface area contributed by atoms with E-state index in [1.165, 1.54) is 5.56 Å². The van der Waals surface area contributed by atoms with Crippen molar-refractivity contribution in [1.82, 2.24) is 14.5 Å². The molecule has 28 heavy (non-hydrogen) atoms. The zero-order valence-corrected chi connectivity index (χ0v) is 18.0. The number of amides is 1. The maximum absolute atomic E-state index is 12.7. The van der Waals surface area contributed by atoms with Gasteiger partial charge in [-0.3, -0.25) is 0 Å². The predicted octanol–water partition coefficient (Wildman–Crippen LogP) is 4.06. The van der Waals surface area contributed by atoms with Gasteiger partial charge in [0.2, 0.25) is 0 Å². The van der Waals surface area contributed by atoms with Crippen LogP contribution in [-0.2, 0) is 11.8 Å². The molecule has 0 aliphatic carbocycles. The number of rotatable bonds is 2. The highest BCUT2D eigenvalue weighted by Gasteiger charge is 2.41. The maximum atomic E-state index is 12.7. The molecule has 3 rings (SSSR count). The molecule has 1 saturated heterocycles. The van der Waals surface area contributed by atoms with E-state index in [1.807, 2.05) is 37.3 Å². The largest absolute Gasteiger partial charge is 0.494 e. The second-order valence-corrected chi connectivity index (χ2v) is 9.27. The maximum Gasteiger partial charge on any atom is 0.410 e. The van der Waals surface area contributed by atoms with Crippen LogP contribution in [0.15, 0.2) is 12.4 Å². The molecule has 0 bridgehead atoms. The van der Waals surface area contributed by atoms with Crippen LogP contribution in [0.25, 0.3) is 11.0 Å². The Morgan fingerprint density at radius 2 is 2.04 bits per heavy atom. The summed E-state index contributed by atoms with van der Waals surface area (Å²) in [7, 11) is 3.62. The van der Waals surface area contributed by atoms with Crippen molar-refractivity contribution in [3.63, 3.8) is 0 Å². The van der Waals surface area contributed by atoms with Crippen LogP contribution in [0, 0.1) is 0 Å². The summed E-state index contributed by atoms with van der Waals surface area (Å²) in [5.74, 6) is 0.947. The molecule has 0 radical (unpaired) electrons. The van der Waals surface area contributed by atoms with Gasteiger partial charge in [-0.05, 0) is 58.9 Å². The number of carbonyl (C=O) groups is 1. The number of methoxy groups -OCH3 is 1. The van der Waals surface area contributed by atoms with E-state index in [4.69, 9.17) is 15.2 Å². The Balaban J connectivity index is 1.94. The molecule has 2 aromatic rings. The molecule has 0 saturated carbocycles. The van der Waals surface area contributed by atoms with Gasteiger partial charge in [0.25, 0.3) is 0 Å².